The first-order chi connectivity index (χ1) is 14.1. The van der Waals surface area contributed by atoms with Crippen LogP contribution >= 0.6 is 23.3 Å². The molecular formula is C20H19F3N4S2. The summed E-state index contributed by atoms with van der Waals surface area (Å²) >= 11 is 2.21. The average Bonchev–Trinajstić information content (AvgIpc) is 3.17. The van der Waals surface area contributed by atoms with E-state index in [1.54, 1.807) is 23.0 Å². The fourth-order valence-corrected chi connectivity index (χ4v) is 4.17. The van der Waals surface area contributed by atoms with Crippen LogP contribution in [0.1, 0.15) is 17.5 Å². The van der Waals surface area contributed by atoms with Crippen LogP contribution in [0.4, 0.5) is 24.7 Å². The smallest absolute Gasteiger partial charge is 0.147 e. The van der Waals surface area contributed by atoms with Crippen LogP contribution in [-0.4, -0.2) is 23.0 Å². The summed E-state index contributed by atoms with van der Waals surface area (Å²) in [6, 6.07) is 7.43. The van der Waals surface area contributed by atoms with E-state index in [9.17, 15) is 13.2 Å². The minimum absolute atomic E-state index is 0.141. The molecule has 2 N–H and O–H groups in total. The summed E-state index contributed by atoms with van der Waals surface area (Å²) in [4.78, 5) is 6.14. The number of nitrogens with one attached hydrogen (secondary N) is 2. The molecule has 0 amide bonds. The van der Waals surface area contributed by atoms with E-state index in [1.807, 2.05) is 0 Å². The lowest BCUT2D eigenvalue weighted by Crippen LogP contribution is -2.36. The van der Waals surface area contributed by atoms with Crippen LogP contribution in [0, 0.1) is 17.5 Å². The zero-order valence-corrected chi connectivity index (χ0v) is 17.1. The maximum atomic E-state index is 14.4. The van der Waals surface area contributed by atoms with Gasteiger partial charge in [0.05, 0.1) is 5.51 Å². The first-order valence-electron chi connectivity index (χ1n) is 9.12. The van der Waals surface area contributed by atoms with Crippen LogP contribution in [0.2, 0.25) is 0 Å². The molecule has 0 atom stereocenters. The van der Waals surface area contributed by atoms with Gasteiger partial charge in [-0.3, -0.25) is 4.90 Å². The van der Waals surface area contributed by atoms with E-state index in [4.69, 9.17) is 0 Å². The van der Waals surface area contributed by atoms with E-state index < -0.39 is 11.6 Å². The van der Waals surface area contributed by atoms with E-state index in [-0.39, 0.29) is 22.9 Å². The number of hydrogen-bond acceptors (Lipinski definition) is 6. The number of nitrogens with zero attached hydrogens (tertiary/aromatic N) is 2. The van der Waals surface area contributed by atoms with Crippen molar-refractivity contribution in [2.24, 2.45) is 0 Å². The van der Waals surface area contributed by atoms with Gasteiger partial charge in [0.15, 0.2) is 0 Å². The molecule has 0 radical (unpaired) electrons. The molecular weight excluding hydrogens is 417 g/mol. The fourth-order valence-electron chi connectivity index (χ4n) is 2.98. The predicted octanol–water partition coefficient (Wildman–Crippen LogP) is 5.50. The van der Waals surface area contributed by atoms with Gasteiger partial charge in [-0.15, -0.1) is 11.3 Å². The van der Waals surface area contributed by atoms with Crippen molar-refractivity contribution in [3.8, 4) is 0 Å². The van der Waals surface area contributed by atoms with Crippen molar-refractivity contribution in [2.45, 2.75) is 24.4 Å². The number of thiazole rings is 1. The van der Waals surface area contributed by atoms with Crippen LogP contribution in [-0.2, 0) is 13.1 Å². The first-order valence-corrected chi connectivity index (χ1v) is 10.9. The van der Waals surface area contributed by atoms with Gasteiger partial charge in [-0.05, 0) is 61.3 Å². The van der Waals surface area contributed by atoms with Crippen molar-refractivity contribution in [3.05, 3.63) is 69.8 Å². The zero-order chi connectivity index (χ0) is 20.2. The summed E-state index contributed by atoms with van der Waals surface area (Å²) < 4.78 is 45.7. The molecule has 1 aliphatic heterocycles. The van der Waals surface area contributed by atoms with E-state index in [0.29, 0.717) is 11.4 Å². The van der Waals surface area contributed by atoms with Crippen molar-refractivity contribution in [2.75, 3.05) is 23.1 Å². The van der Waals surface area contributed by atoms with Gasteiger partial charge in [0.2, 0.25) is 0 Å². The highest BCUT2D eigenvalue weighted by Gasteiger charge is 2.16. The lowest BCUT2D eigenvalue weighted by atomic mass is 10.1. The Hall–Kier alpha value is -2.23. The maximum Gasteiger partial charge on any atom is 0.147 e. The first kappa shape index (κ1) is 20.1. The summed E-state index contributed by atoms with van der Waals surface area (Å²) in [5.74, 6) is -1.21. The molecule has 2 aromatic carbocycles. The van der Waals surface area contributed by atoms with E-state index in [2.05, 4.69) is 19.9 Å². The minimum atomic E-state index is -0.702. The Bertz CT molecular complexity index is 955. The summed E-state index contributed by atoms with van der Waals surface area (Å²) in [6.07, 6.45) is 1.19. The van der Waals surface area contributed by atoms with Gasteiger partial charge in [-0.25, -0.2) is 18.2 Å². The molecule has 1 fully saturated rings. The molecule has 29 heavy (non-hydrogen) atoms. The topological polar surface area (TPSA) is 40.2 Å². The Morgan fingerprint density at radius 3 is 2.52 bits per heavy atom. The monoisotopic (exact) mass is 436 g/mol. The molecule has 0 unspecified atom stereocenters. The number of aromatic nitrogens is 1. The molecule has 1 aromatic heterocycles. The standard InChI is InChI=1S/C20H19F3N4S2/c21-16-3-2-13(10-27-4-1-5-27)6-14(16)9-24-15-7-17(22)20(18(23)8-15)29-26-19-11-28-12-25-19/h2-3,6-8,11-12,24,26H,1,4-5,9-10H2. The third kappa shape index (κ3) is 5.04. The second-order valence-electron chi connectivity index (χ2n) is 6.76. The summed E-state index contributed by atoms with van der Waals surface area (Å²) in [7, 11) is 0. The van der Waals surface area contributed by atoms with E-state index in [0.717, 1.165) is 37.1 Å². The Balaban J connectivity index is 1.41. The zero-order valence-electron chi connectivity index (χ0n) is 15.4. The van der Waals surface area contributed by atoms with Gasteiger partial charge in [-0.1, -0.05) is 6.07 Å². The molecule has 152 valence electrons. The molecule has 0 saturated carbocycles. The molecule has 0 spiro atoms. The molecule has 1 saturated heterocycles. The Morgan fingerprint density at radius 1 is 1.07 bits per heavy atom. The lowest BCUT2D eigenvalue weighted by Gasteiger charge is -2.30. The molecule has 0 aliphatic carbocycles. The number of benzene rings is 2. The SMILES string of the molecule is Fc1ccc(CN2CCC2)cc1CNc1cc(F)c(SNc2cscn2)c(F)c1. The second kappa shape index (κ2) is 9.06. The Labute approximate surface area is 175 Å². The molecule has 3 aromatic rings. The summed E-state index contributed by atoms with van der Waals surface area (Å²) in [6.45, 7) is 3.05. The lowest BCUT2D eigenvalue weighted by molar-refractivity contribution is 0.172. The minimum Gasteiger partial charge on any atom is -0.381 e. The van der Waals surface area contributed by atoms with Crippen LogP contribution in [0.3, 0.4) is 0 Å². The highest BCUT2D eigenvalue weighted by atomic mass is 32.2. The summed E-state index contributed by atoms with van der Waals surface area (Å²) in [5.41, 5.74) is 3.37. The largest absolute Gasteiger partial charge is 0.381 e. The third-order valence-electron chi connectivity index (χ3n) is 4.64. The van der Waals surface area contributed by atoms with Crippen LogP contribution in [0.15, 0.2) is 46.1 Å². The molecule has 1 aliphatic rings. The number of anilines is 2. The second-order valence-corrected chi connectivity index (χ2v) is 8.29. The van der Waals surface area contributed by atoms with Crippen molar-refractivity contribution >= 4 is 34.8 Å². The average molecular weight is 437 g/mol. The molecule has 2 heterocycles. The van der Waals surface area contributed by atoms with Crippen LogP contribution < -0.4 is 10.0 Å². The van der Waals surface area contributed by atoms with Gasteiger partial charge >= 0.3 is 0 Å². The highest BCUT2D eigenvalue weighted by Crippen LogP contribution is 2.29. The van der Waals surface area contributed by atoms with Crippen molar-refractivity contribution in [3.63, 3.8) is 0 Å². The number of rotatable bonds is 8. The predicted molar refractivity (Wildman–Crippen MR) is 112 cm³/mol. The van der Waals surface area contributed by atoms with Gasteiger partial charge in [0.1, 0.15) is 28.2 Å². The third-order valence-corrected chi connectivity index (χ3v) is 6.13. The van der Waals surface area contributed by atoms with E-state index >= 15 is 0 Å². The normalized spacial score (nSPS) is 13.9. The van der Waals surface area contributed by atoms with Gasteiger partial charge in [0, 0.05) is 29.7 Å². The molecule has 4 nitrogen and oxygen atoms in total. The van der Waals surface area contributed by atoms with Gasteiger partial charge in [-0.2, -0.15) is 0 Å². The quantitative estimate of drug-likeness (QED) is 0.457. The van der Waals surface area contributed by atoms with Crippen LogP contribution in [0.5, 0.6) is 0 Å². The number of halogens is 3. The number of hydrogen-bond donors (Lipinski definition) is 2. The molecule has 4 rings (SSSR count). The van der Waals surface area contributed by atoms with Crippen molar-refractivity contribution in [1.82, 2.24) is 9.88 Å². The van der Waals surface area contributed by atoms with Gasteiger partial charge < -0.3 is 10.0 Å². The van der Waals surface area contributed by atoms with E-state index in [1.165, 1.54) is 36.0 Å². The molecule has 0 bridgehead atoms. The summed E-state index contributed by atoms with van der Waals surface area (Å²) in [5, 5.41) is 4.65. The number of likely N-dealkylation sites (tertiary alicyclic amines) is 1. The van der Waals surface area contributed by atoms with Crippen molar-refractivity contribution < 1.29 is 13.2 Å². The fraction of sp³-hybridized carbons (Fsp3) is 0.250. The van der Waals surface area contributed by atoms with Gasteiger partial charge in [0.25, 0.3) is 0 Å². The Kier molecular flexibility index (Phi) is 6.27. The van der Waals surface area contributed by atoms with Crippen molar-refractivity contribution in [1.29, 1.82) is 0 Å². The Morgan fingerprint density at radius 2 is 1.86 bits per heavy atom. The van der Waals surface area contributed by atoms with Crippen LogP contribution in [0.25, 0.3) is 0 Å². The highest BCUT2D eigenvalue weighted by molar-refractivity contribution is 8.00. The molecule has 9 heteroatoms. The maximum absolute atomic E-state index is 14.4.